The fourth-order valence-electron chi connectivity index (χ4n) is 1.87. The van der Waals surface area contributed by atoms with Crippen molar-refractivity contribution < 1.29 is 24.3 Å². The number of rotatable bonds is 2. The van der Waals surface area contributed by atoms with E-state index in [0.717, 1.165) is 0 Å². The Bertz CT molecular complexity index is 288. The Morgan fingerprint density at radius 3 is 2.36 bits per heavy atom. The van der Waals surface area contributed by atoms with Crippen LogP contribution < -0.4 is 5.73 Å². The van der Waals surface area contributed by atoms with Gasteiger partial charge in [0, 0.05) is 0 Å². The topological polar surface area (TPSA) is 121 Å². The minimum atomic E-state index is -4.57. The van der Waals surface area contributed by atoms with Gasteiger partial charge in [-0.05, 0) is 12.8 Å². The van der Waals surface area contributed by atoms with E-state index in [1.807, 2.05) is 0 Å². The van der Waals surface area contributed by atoms with Crippen molar-refractivity contribution in [1.82, 2.24) is 0 Å². The summed E-state index contributed by atoms with van der Waals surface area (Å²) in [6, 6.07) is 0. The number of hydrogen-bond acceptors (Lipinski definition) is 3. The van der Waals surface area contributed by atoms with Gasteiger partial charge in [0.2, 0.25) is 0 Å². The van der Waals surface area contributed by atoms with Gasteiger partial charge in [-0.1, -0.05) is 12.8 Å². The highest BCUT2D eigenvalue weighted by Crippen LogP contribution is 2.56. The fourth-order valence-corrected chi connectivity index (χ4v) is 2.96. The SMILES string of the molecule is N[C@@]1(P(=O)(O)O)CCCC[C@@H]1C(=O)O. The second kappa shape index (κ2) is 3.62. The standard InChI is InChI=1S/C7H14NO5P/c8-7(14(11,12)13)4-2-1-3-5(7)6(9)10/h5H,1-4,8H2,(H,9,10)(H2,11,12,13)/t5-,7-/m1/s1. The van der Waals surface area contributed by atoms with Crippen LogP contribution in [0, 0.1) is 5.92 Å². The lowest BCUT2D eigenvalue weighted by atomic mass is 9.84. The molecule has 1 fully saturated rings. The fraction of sp³-hybridized carbons (Fsp3) is 0.857. The molecule has 0 heterocycles. The Labute approximate surface area is 81.3 Å². The van der Waals surface area contributed by atoms with Crippen LogP contribution in [0.5, 0.6) is 0 Å². The van der Waals surface area contributed by atoms with Crippen molar-refractivity contribution >= 4 is 13.6 Å². The maximum Gasteiger partial charge on any atom is 0.346 e. The molecule has 0 unspecified atom stereocenters. The van der Waals surface area contributed by atoms with Gasteiger partial charge in [-0.3, -0.25) is 9.36 Å². The Balaban J connectivity index is 3.03. The number of aliphatic carboxylic acids is 1. The lowest BCUT2D eigenvalue weighted by molar-refractivity contribution is -0.144. The minimum Gasteiger partial charge on any atom is -0.481 e. The van der Waals surface area contributed by atoms with Crippen LogP contribution in [-0.4, -0.2) is 26.1 Å². The zero-order valence-corrected chi connectivity index (χ0v) is 8.48. The smallest absolute Gasteiger partial charge is 0.346 e. The van der Waals surface area contributed by atoms with Crippen LogP contribution >= 0.6 is 7.60 Å². The lowest BCUT2D eigenvalue weighted by Gasteiger charge is -2.38. The number of carboxylic acids is 1. The van der Waals surface area contributed by atoms with Crippen LogP contribution in [0.1, 0.15) is 25.7 Å². The van der Waals surface area contributed by atoms with Crippen LogP contribution in [0.25, 0.3) is 0 Å². The molecule has 0 aromatic carbocycles. The Kier molecular flexibility index (Phi) is 3.02. The predicted molar refractivity (Wildman–Crippen MR) is 48.6 cm³/mol. The highest BCUT2D eigenvalue weighted by molar-refractivity contribution is 7.53. The van der Waals surface area contributed by atoms with Gasteiger partial charge in [0.1, 0.15) is 5.28 Å². The van der Waals surface area contributed by atoms with Gasteiger partial charge in [-0.15, -0.1) is 0 Å². The molecule has 1 saturated carbocycles. The van der Waals surface area contributed by atoms with Crippen molar-refractivity contribution in [2.24, 2.45) is 11.7 Å². The number of nitrogens with two attached hydrogens (primary N) is 1. The number of hydrogen-bond donors (Lipinski definition) is 4. The summed E-state index contributed by atoms with van der Waals surface area (Å²) in [4.78, 5) is 28.9. The van der Waals surface area contributed by atoms with Gasteiger partial charge >= 0.3 is 13.6 Å². The van der Waals surface area contributed by atoms with Crippen molar-refractivity contribution in [3.63, 3.8) is 0 Å². The van der Waals surface area contributed by atoms with Crippen molar-refractivity contribution in [3.05, 3.63) is 0 Å². The molecule has 0 spiro atoms. The van der Waals surface area contributed by atoms with Crippen molar-refractivity contribution in [2.75, 3.05) is 0 Å². The molecular formula is C7H14NO5P. The summed E-state index contributed by atoms with van der Waals surface area (Å²) in [6.45, 7) is 0. The van der Waals surface area contributed by atoms with E-state index in [1.165, 1.54) is 0 Å². The van der Waals surface area contributed by atoms with Crippen LogP contribution in [0.4, 0.5) is 0 Å². The van der Waals surface area contributed by atoms with Crippen molar-refractivity contribution in [2.45, 2.75) is 31.0 Å². The summed E-state index contributed by atoms with van der Waals surface area (Å²) >= 11 is 0. The number of carbonyl (C=O) groups is 1. The average Bonchev–Trinajstić information content (AvgIpc) is 2.02. The van der Waals surface area contributed by atoms with E-state index in [1.54, 1.807) is 0 Å². The van der Waals surface area contributed by atoms with Crippen LogP contribution in [0.3, 0.4) is 0 Å². The molecule has 0 aromatic rings. The Morgan fingerprint density at radius 2 is 2.00 bits per heavy atom. The Hall–Kier alpha value is -0.420. The summed E-state index contributed by atoms with van der Waals surface area (Å²) in [5, 5.41) is 6.94. The van der Waals surface area contributed by atoms with Gasteiger partial charge in [-0.25, -0.2) is 0 Å². The molecule has 0 saturated heterocycles. The first kappa shape index (κ1) is 11.7. The zero-order chi connectivity index (χ0) is 11.0. The van der Waals surface area contributed by atoms with E-state index < -0.39 is 24.8 Å². The molecule has 0 aliphatic heterocycles. The van der Waals surface area contributed by atoms with Gasteiger partial charge in [-0.2, -0.15) is 0 Å². The normalized spacial score (nSPS) is 34.1. The predicted octanol–water partition coefficient (Wildman–Crippen LogP) is 0.0939. The molecule has 1 aliphatic rings. The second-order valence-electron chi connectivity index (χ2n) is 3.67. The third kappa shape index (κ3) is 1.83. The largest absolute Gasteiger partial charge is 0.481 e. The third-order valence-corrected chi connectivity index (χ3v) is 4.38. The molecule has 0 aromatic heterocycles. The Morgan fingerprint density at radius 1 is 1.43 bits per heavy atom. The summed E-state index contributed by atoms with van der Waals surface area (Å²) in [6.07, 6.45) is 1.51. The summed E-state index contributed by atoms with van der Waals surface area (Å²) in [7, 11) is -4.57. The molecule has 0 radical (unpaired) electrons. The number of carboxylic acid groups (broad SMARTS) is 1. The highest BCUT2D eigenvalue weighted by Gasteiger charge is 2.53. The molecule has 1 aliphatic carbocycles. The maximum atomic E-state index is 11.1. The minimum absolute atomic E-state index is 0.0637. The van der Waals surface area contributed by atoms with Gasteiger partial charge in [0.15, 0.2) is 0 Å². The van der Waals surface area contributed by atoms with E-state index >= 15 is 0 Å². The molecule has 0 amide bonds. The molecule has 0 bridgehead atoms. The third-order valence-electron chi connectivity index (χ3n) is 2.76. The molecule has 1 rings (SSSR count). The lowest BCUT2D eigenvalue weighted by Crippen LogP contribution is -2.51. The van der Waals surface area contributed by atoms with Crippen molar-refractivity contribution in [1.29, 1.82) is 0 Å². The maximum absolute atomic E-state index is 11.1. The first-order valence-corrected chi connectivity index (χ1v) is 5.97. The monoisotopic (exact) mass is 223 g/mol. The average molecular weight is 223 g/mol. The summed E-state index contributed by atoms with van der Waals surface area (Å²) < 4.78 is 11.1. The van der Waals surface area contributed by atoms with E-state index in [0.29, 0.717) is 12.8 Å². The zero-order valence-electron chi connectivity index (χ0n) is 7.59. The van der Waals surface area contributed by atoms with Crippen LogP contribution in [-0.2, 0) is 9.36 Å². The van der Waals surface area contributed by atoms with Gasteiger partial charge in [0.25, 0.3) is 0 Å². The van der Waals surface area contributed by atoms with Crippen LogP contribution in [0.15, 0.2) is 0 Å². The molecule has 14 heavy (non-hydrogen) atoms. The van der Waals surface area contributed by atoms with E-state index in [-0.39, 0.29) is 12.8 Å². The van der Waals surface area contributed by atoms with Gasteiger partial charge in [0.05, 0.1) is 5.92 Å². The van der Waals surface area contributed by atoms with Crippen molar-refractivity contribution in [3.8, 4) is 0 Å². The highest BCUT2D eigenvalue weighted by atomic mass is 31.2. The molecule has 6 nitrogen and oxygen atoms in total. The first-order valence-electron chi connectivity index (χ1n) is 4.36. The molecule has 82 valence electrons. The van der Waals surface area contributed by atoms with Gasteiger partial charge < -0.3 is 20.6 Å². The quantitative estimate of drug-likeness (QED) is 0.492. The second-order valence-corrected chi connectivity index (χ2v) is 5.59. The molecule has 5 N–H and O–H groups in total. The summed E-state index contributed by atoms with van der Waals surface area (Å²) in [5.74, 6) is -2.37. The molecular weight excluding hydrogens is 209 g/mol. The molecule has 7 heteroatoms. The van der Waals surface area contributed by atoms with E-state index in [2.05, 4.69) is 0 Å². The molecule has 2 atom stereocenters. The summed E-state index contributed by atoms with van der Waals surface area (Å²) in [5.41, 5.74) is 5.54. The van der Waals surface area contributed by atoms with Crippen LogP contribution in [0.2, 0.25) is 0 Å². The van der Waals surface area contributed by atoms with E-state index in [4.69, 9.17) is 20.6 Å². The van der Waals surface area contributed by atoms with E-state index in [9.17, 15) is 9.36 Å². The first-order chi connectivity index (χ1) is 6.29.